The van der Waals surface area contributed by atoms with Gasteiger partial charge in [-0.1, -0.05) is 34.1 Å². The Balaban J connectivity index is 1.64. The molecule has 1 aliphatic heterocycles. The Labute approximate surface area is 165 Å². The molecule has 0 aliphatic carbocycles. The van der Waals surface area contributed by atoms with Gasteiger partial charge in [-0.3, -0.25) is 9.78 Å². The van der Waals surface area contributed by atoms with E-state index in [1.165, 1.54) is 0 Å². The number of hydrogen-bond donors (Lipinski definition) is 2. The number of rotatable bonds is 4. The lowest BCUT2D eigenvalue weighted by molar-refractivity contribution is 0.0935. The standard InChI is InChI=1S/C21H18BrN3O2/c1-13-5-4-7-16-19(13)24-20(25-21(16)26)17-11-14(22)8-9-18(17)27-12-15-6-2-3-10-23-15/h2-11,20,24H,12H2,1H3,(H,25,26). The number of fused-ring (bicyclic) bond motifs is 1. The van der Waals surface area contributed by atoms with Crippen molar-refractivity contribution in [3.8, 4) is 5.75 Å². The Bertz CT molecular complexity index is 992. The van der Waals surface area contributed by atoms with Gasteiger partial charge in [-0.25, -0.2) is 0 Å². The van der Waals surface area contributed by atoms with Crippen molar-refractivity contribution in [1.82, 2.24) is 10.3 Å². The predicted octanol–water partition coefficient (Wildman–Crippen LogP) is 4.59. The average molecular weight is 424 g/mol. The zero-order chi connectivity index (χ0) is 18.8. The first-order valence-corrected chi connectivity index (χ1v) is 9.40. The van der Waals surface area contributed by atoms with Crippen LogP contribution in [-0.2, 0) is 6.61 Å². The van der Waals surface area contributed by atoms with E-state index in [0.29, 0.717) is 17.9 Å². The highest BCUT2D eigenvalue weighted by Gasteiger charge is 2.27. The quantitative estimate of drug-likeness (QED) is 0.644. The summed E-state index contributed by atoms with van der Waals surface area (Å²) in [6, 6.07) is 17.2. The molecule has 27 heavy (non-hydrogen) atoms. The minimum atomic E-state index is -0.387. The first-order valence-electron chi connectivity index (χ1n) is 8.61. The van der Waals surface area contributed by atoms with Crippen LogP contribution in [0, 0.1) is 6.92 Å². The average Bonchev–Trinajstić information content (AvgIpc) is 2.68. The fourth-order valence-corrected chi connectivity index (χ4v) is 3.48. The molecule has 0 fully saturated rings. The number of nitrogens with one attached hydrogen (secondary N) is 2. The van der Waals surface area contributed by atoms with Crippen LogP contribution in [0.3, 0.4) is 0 Å². The molecule has 2 aromatic carbocycles. The van der Waals surface area contributed by atoms with Crippen molar-refractivity contribution >= 4 is 27.5 Å². The van der Waals surface area contributed by atoms with Gasteiger partial charge in [0.15, 0.2) is 0 Å². The van der Waals surface area contributed by atoms with Crippen molar-refractivity contribution in [1.29, 1.82) is 0 Å². The number of para-hydroxylation sites is 1. The third-order valence-electron chi connectivity index (χ3n) is 4.47. The Kier molecular flexibility index (Phi) is 4.81. The molecule has 1 aliphatic rings. The molecule has 1 unspecified atom stereocenters. The number of benzene rings is 2. The second kappa shape index (κ2) is 7.40. The van der Waals surface area contributed by atoms with E-state index in [1.807, 2.05) is 61.5 Å². The zero-order valence-electron chi connectivity index (χ0n) is 14.7. The topological polar surface area (TPSA) is 63.2 Å². The molecule has 0 saturated heterocycles. The summed E-state index contributed by atoms with van der Waals surface area (Å²) in [5, 5.41) is 6.44. The van der Waals surface area contributed by atoms with Crippen LogP contribution in [0.2, 0.25) is 0 Å². The van der Waals surface area contributed by atoms with Crippen LogP contribution in [0.15, 0.2) is 65.3 Å². The molecule has 3 aromatic rings. The fourth-order valence-electron chi connectivity index (χ4n) is 3.10. The SMILES string of the molecule is Cc1cccc2c1NC(c1cc(Br)ccc1OCc1ccccn1)NC2=O. The second-order valence-corrected chi connectivity index (χ2v) is 7.26. The molecule has 0 saturated carbocycles. The van der Waals surface area contributed by atoms with Crippen molar-refractivity contribution in [3.63, 3.8) is 0 Å². The van der Waals surface area contributed by atoms with Gasteiger partial charge in [0.2, 0.25) is 0 Å². The van der Waals surface area contributed by atoms with Crippen LogP contribution in [0.25, 0.3) is 0 Å². The Hall–Kier alpha value is -2.86. The minimum Gasteiger partial charge on any atom is -0.487 e. The van der Waals surface area contributed by atoms with E-state index >= 15 is 0 Å². The van der Waals surface area contributed by atoms with Crippen LogP contribution in [0.5, 0.6) is 5.75 Å². The Morgan fingerprint density at radius 3 is 2.81 bits per heavy atom. The van der Waals surface area contributed by atoms with Gasteiger partial charge < -0.3 is 15.4 Å². The van der Waals surface area contributed by atoms with Gasteiger partial charge in [0.05, 0.1) is 16.9 Å². The summed E-state index contributed by atoms with van der Waals surface area (Å²) >= 11 is 3.51. The second-order valence-electron chi connectivity index (χ2n) is 6.34. The van der Waals surface area contributed by atoms with Crippen molar-refractivity contribution in [2.24, 2.45) is 0 Å². The van der Waals surface area contributed by atoms with Crippen molar-refractivity contribution in [3.05, 3.63) is 87.7 Å². The molecular weight excluding hydrogens is 406 g/mol. The van der Waals surface area contributed by atoms with Crippen molar-refractivity contribution in [2.45, 2.75) is 19.7 Å². The van der Waals surface area contributed by atoms with Crippen LogP contribution < -0.4 is 15.4 Å². The first-order chi connectivity index (χ1) is 13.1. The highest BCUT2D eigenvalue weighted by Crippen LogP contribution is 2.34. The number of amides is 1. The lowest BCUT2D eigenvalue weighted by Crippen LogP contribution is -2.39. The molecule has 0 bridgehead atoms. The summed E-state index contributed by atoms with van der Waals surface area (Å²) < 4.78 is 6.92. The lowest BCUT2D eigenvalue weighted by Gasteiger charge is -2.30. The van der Waals surface area contributed by atoms with E-state index in [2.05, 4.69) is 31.5 Å². The van der Waals surface area contributed by atoms with Crippen LogP contribution in [0.4, 0.5) is 5.69 Å². The molecule has 2 N–H and O–H groups in total. The van der Waals surface area contributed by atoms with E-state index in [4.69, 9.17) is 4.74 Å². The maximum absolute atomic E-state index is 12.6. The van der Waals surface area contributed by atoms with E-state index < -0.39 is 0 Å². The summed E-state index contributed by atoms with van der Waals surface area (Å²) in [6.07, 6.45) is 1.35. The summed E-state index contributed by atoms with van der Waals surface area (Å²) in [5.74, 6) is 0.590. The third kappa shape index (κ3) is 3.66. The van der Waals surface area contributed by atoms with Gasteiger partial charge in [0, 0.05) is 16.2 Å². The summed E-state index contributed by atoms with van der Waals surface area (Å²) in [6.45, 7) is 2.34. The van der Waals surface area contributed by atoms with Crippen molar-refractivity contribution in [2.75, 3.05) is 5.32 Å². The maximum atomic E-state index is 12.6. The van der Waals surface area contributed by atoms with Gasteiger partial charge in [-0.05, 0) is 48.9 Å². The number of hydrogen-bond acceptors (Lipinski definition) is 4. The number of halogens is 1. The molecule has 136 valence electrons. The number of pyridine rings is 1. The number of carbonyl (C=O) groups excluding carboxylic acids is 1. The number of nitrogens with zero attached hydrogens (tertiary/aromatic N) is 1. The lowest BCUT2D eigenvalue weighted by atomic mass is 10.0. The largest absolute Gasteiger partial charge is 0.487 e. The van der Waals surface area contributed by atoms with Gasteiger partial charge in [0.25, 0.3) is 5.91 Å². The molecule has 0 radical (unpaired) electrons. The maximum Gasteiger partial charge on any atom is 0.255 e. The molecule has 1 amide bonds. The van der Waals surface area contributed by atoms with E-state index in [-0.39, 0.29) is 12.1 Å². The van der Waals surface area contributed by atoms with Crippen LogP contribution in [-0.4, -0.2) is 10.9 Å². The number of aromatic nitrogens is 1. The molecule has 1 atom stereocenters. The van der Waals surface area contributed by atoms with E-state index in [0.717, 1.165) is 27.0 Å². The molecule has 2 heterocycles. The van der Waals surface area contributed by atoms with Gasteiger partial charge in [-0.15, -0.1) is 0 Å². The summed E-state index contributed by atoms with van der Waals surface area (Å²) in [4.78, 5) is 16.9. The molecule has 6 heteroatoms. The van der Waals surface area contributed by atoms with Gasteiger partial charge in [0.1, 0.15) is 18.5 Å². The first kappa shape index (κ1) is 17.5. The fraction of sp³-hybridized carbons (Fsp3) is 0.143. The summed E-state index contributed by atoms with van der Waals surface area (Å²) in [5.41, 5.74) is 4.22. The Morgan fingerprint density at radius 2 is 2.00 bits per heavy atom. The molecule has 5 nitrogen and oxygen atoms in total. The Morgan fingerprint density at radius 1 is 1.11 bits per heavy atom. The smallest absolute Gasteiger partial charge is 0.255 e. The van der Waals surface area contributed by atoms with Crippen molar-refractivity contribution < 1.29 is 9.53 Å². The zero-order valence-corrected chi connectivity index (χ0v) is 16.3. The number of ether oxygens (including phenoxy) is 1. The predicted molar refractivity (Wildman–Crippen MR) is 108 cm³/mol. The number of carbonyl (C=O) groups is 1. The third-order valence-corrected chi connectivity index (χ3v) is 4.96. The number of aryl methyl sites for hydroxylation is 1. The minimum absolute atomic E-state index is 0.104. The van der Waals surface area contributed by atoms with E-state index in [1.54, 1.807) is 6.20 Å². The highest BCUT2D eigenvalue weighted by molar-refractivity contribution is 9.10. The molecule has 4 rings (SSSR count). The molecular formula is C21H18BrN3O2. The molecule has 0 spiro atoms. The van der Waals surface area contributed by atoms with Gasteiger partial charge >= 0.3 is 0 Å². The van der Waals surface area contributed by atoms with Crippen LogP contribution in [0.1, 0.15) is 33.3 Å². The van der Waals surface area contributed by atoms with Gasteiger partial charge in [-0.2, -0.15) is 0 Å². The normalized spacial score (nSPS) is 15.5. The highest BCUT2D eigenvalue weighted by atomic mass is 79.9. The summed E-state index contributed by atoms with van der Waals surface area (Å²) in [7, 11) is 0. The van der Waals surface area contributed by atoms with Crippen LogP contribution >= 0.6 is 15.9 Å². The monoisotopic (exact) mass is 423 g/mol. The van der Waals surface area contributed by atoms with E-state index in [9.17, 15) is 4.79 Å². The molecule has 1 aromatic heterocycles. The number of anilines is 1.